The van der Waals surface area contributed by atoms with Crippen molar-refractivity contribution >= 4 is 5.97 Å². The summed E-state index contributed by atoms with van der Waals surface area (Å²) in [7, 11) is 0. The number of hydrogen-bond donors (Lipinski definition) is 2. The molecule has 0 aromatic carbocycles. The molecule has 0 aromatic rings. The number of morpholine rings is 1. The van der Waals surface area contributed by atoms with E-state index in [1.165, 1.54) is 0 Å². The van der Waals surface area contributed by atoms with E-state index in [2.05, 4.69) is 5.32 Å². The van der Waals surface area contributed by atoms with E-state index in [-0.39, 0.29) is 6.10 Å². The van der Waals surface area contributed by atoms with Crippen molar-refractivity contribution in [2.24, 2.45) is 0 Å². The Kier molecular flexibility index (Phi) is 4.62. The van der Waals surface area contributed by atoms with Crippen molar-refractivity contribution in [2.45, 2.75) is 25.9 Å². The van der Waals surface area contributed by atoms with Crippen LogP contribution in [0, 0.1) is 0 Å². The minimum atomic E-state index is -0.840. The molecule has 1 aliphatic heterocycles. The fraction of sp³-hybridized carbons (Fsp3) is 0.700. The van der Waals surface area contributed by atoms with Gasteiger partial charge in [-0.3, -0.25) is 0 Å². The molecule has 1 saturated heterocycles. The molecule has 14 heavy (non-hydrogen) atoms. The zero-order valence-corrected chi connectivity index (χ0v) is 8.45. The van der Waals surface area contributed by atoms with Crippen molar-refractivity contribution in [3.63, 3.8) is 0 Å². The van der Waals surface area contributed by atoms with Gasteiger partial charge >= 0.3 is 5.97 Å². The number of carboxylic acids is 1. The lowest BCUT2D eigenvalue weighted by Crippen LogP contribution is -2.38. The van der Waals surface area contributed by atoms with Crippen LogP contribution in [-0.4, -0.2) is 36.9 Å². The Morgan fingerprint density at radius 3 is 3.07 bits per heavy atom. The molecule has 4 heteroatoms. The molecular weight excluding hydrogens is 182 g/mol. The second kappa shape index (κ2) is 5.78. The normalized spacial score (nSPS) is 23.5. The molecule has 1 heterocycles. The molecule has 1 rings (SSSR count). The highest BCUT2D eigenvalue weighted by atomic mass is 16.5. The monoisotopic (exact) mass is 199 g/mol. The molecular formula is C10H17NO3. The Hall–Kier alpha value is -0.870. The molecule has 0 aromatic heterocycles. The van der Waals surface area contributed by atoms with Gasteiger partial charge in [0.25, 0.3) is 0 Å². The minimum absolute atomic E-state index is 0.238. The first kappa shape index (κ1) is 11.2. The standard InChI is InChI=1S/C10H17NO3/c1-8(10(12)13)3-2-4-9-7-11-5-6-14-9/h3,9,11H,2,4-7H2,1H3,(H,12,13). The van der Waals surface area contributed by atoms with Gasteiger partial charge in [0.15, 0.2) is 0 Å². The molecule has 0 saturated carbocycles. The molecule has 80 valence electrons. The second-order valence-electron chi connectivity index (χ2n) is 3.47. The average molecular weight is 199 g/mol. The van der Waals surface area contributed by atoms with E-state index >= 15 is 0 Å². The smallest absolute Gasteiger partial charge is 0.330 e. The highest BCUT2D eigenvalue weighted by Gasteiger charge is 2.11. The Bertz CT molecular complexity index is 219. The van der Waals surface area contributed by atoms with Gasteiger partial charge in [-0.15, -0.1) is 0 Å². The van der Waals surface area contributed by atoms with E-state index < -0.39 is 5.97 Å². The summed E-state index contributed by atoms with van der Waals surface area (Å²) in [5.74, 6) is -0.840. The van der Waals surface area contributed by atoms with Crippen molar-refractivity contribution in [1.82, 2.24) is 5.32 Å². The van der Waals surface area contributed by atoms with Gasteiger partial charge in [-0.2, -0.15) is 0 Å². The number of hydrogen-bond acceptors (Lipinski definition) is 3. The third kappa shape index (κ3) is 3.89. The van der Waals surface area contributed by atoms with E-state index in [4.69, 9.17) is 9.84 Å². The van der Waals surface area contributed by atoms with Gasteiger partial charge in [0.2, 0.25) is 0 Å². The number of aliphatic carboxylic acids is 1. The molecule has 0 bridgehead atoms. The van der Waals surface area contributed by atoms with Crippen LogP contribution in [0.5, 0.6) is 0 Å². The molecule has 1 atom stereocenters. The van der Waals surface area contributed by atoms with Gasteiger partial charge in [0.05, 0.1) is 12.7 Å². The maximum absolute atomic E-state index is 10.5. The van der Waals surface area contributed by atoms with Crippen molar-refractivity contribution in [3.05, 3.63) is 11.6 Å². The van der Waals surface area contributed by atoms with Crippen LogP contribution in [0.1, 0.15) is 19.8 Å². The van der Waals surface area contributed by atoms with E-state index in [0.717, 1.165) is 32.5 Å². The van der Waals surface area contributed by atoms with Crippen molar-refractivity contribution in [3.8, 4) is 0 Å². The SMILES string of the molecule is CC(=CCCC1CNCCO1)C(=O)O. The lowest BCUT2D eigenvalue weighted by molar-refractivity contribution is -0.132. The van der Waals surface area contributed by atoms with Crippen LogP contribution in [0.3, 0.4) is 0 Å². The van der Waals surface area contributed by atoms with Gasteiger partial charge in [0.1, 0.15) is 0 Å². The number of carbonyl (C=O) groups is 1. The molecule has 2 N–H and O–H groups in total. The van der Waals surface area contributed by atoms with Crippen LogP contribution in [0.2, 0.25) is 0 Å². The van der Waals surface area contributed by atoms with Gasteiger partial charge in [-0.25, -0.2) is 4.79 Å². The van der Waals surface area contributed by atoms with Crippen molar-refractivity contribution in [2.75, 3.05) is 19.7 Å². The number of allylic oxidation sites excluding steroid dienone is 1. The lowest BCUT2D eigenvalue weighted by Gasteiger charge is -2.22. The highest BCUT2D eigenvalue weighted by Crippen LogP contribution is 2.06. The first-order valence-electron chi connectivity index (χ1n) is 4.92. The summed E-state index contributed by atoms with van der Waals surface area (Å²) < 4.78 is 5.48. The Morgan fingerprint density at radius 1 is 1.71 bits per heavy atom. The van der Waals surface area contributed by atoms with Crippen LogP contribution in [-0.2, 0) is 9.53 Å². The quantitative estimate of drug-likeness (QED) is 0.657. The zero-order chi connectivity index (χ0) is 10.4. The van der Waals surface area contributed by atoms with E-state index in [9.17, 15) is 4.79 Å². The molecule has 0 aliphatic carbocycles. The van der Waals surface area contributed by atoms with Crippen LogP contribution in [0.25, 0.3) is 0 Å². The maximum Gasteiger partial charge on any atom is 0.330 e. The predicted molar refractivity (Wildman–Crippen MR) is 53.2 cm³/mol. The third-order valence-electron chi connectivity index (χ3n) is 2.28. The van der Waals surface area contributed by atoms with Crippen LogP contribution >= 0.6 is 0 Å². The topological polar surface area (TPSA) is 58.6 Å². The van der Waals surface area contributed by atoms with Crippen molar-refractivity contribution in [1.29, 1.82) is 0 Å². The van der Waals surface area contributed by atoms with E-state index in [1.807, 2.05) is 0 Å². The summed E-state index contributed by atoms with van der Waals surface area (Å²) >= 11 is 0. The molecule has 0 spiro atoms. The summed E-state index contributed by atoms with van der Waals surface area (Å²) in [6.07, 6.45) is 3.64. The van der Waals surface area contributed by atoms with Gasteiger partial charge in [0, 0.05) is 18.7 Å². The maximum atomic E-state index is 10.5. The van der Waals surface area contributed by atoms with Gasteiger partial charge in [-0.05, 0) is 19.8 Å². The number of nitrogens with one attached hydrogen (secondary N) is 1. The first-order valence-corrected chi connectivity index (χ1v) is 4.92. The predicted octanol–water partition coefficient (Wildman–Crippen LogP) is 0.786. The highest BCUT2D eigenvalue weighted by molar-refractivity contribution is 5.85. The fourth-order valence-electron chi connectivity index (χ4n) is 1.38. The minimum Gasteiger partial charge on any atom is -0.478 e. The van der Waals surface area contributed by atoms with E-state index in [0.29, 0.717) is 5.57 Å². The van der Waals surface area contributed by atoms with Gasteiger partial charge in [-0.1, -0.05) is 6.08 Å². The first-order chi connectivity index (χ1) is 6.70. The van der Waals surface area contributed by atoms with Crippen LogP contribution in [0.4, 0.5) is 0 Å². The summed E-state index contributed by atoms with van der Waals surface area (Å²) in [6.45, 7) is 4.16. The zero-order valence-electron chi connectivity index (χ0n) is 8.45. The summed E-state index contributed by atoms with van der Waals surface area (Å²) in [6, 6.07) is 0. The number of ether oxygens (including phenoxy) is 1. The molecule has 4 nitrogen and oxygen atoms in total. The van der Waals surface area contributed by atoms with Gasteiger partial charge < -0.3 is 15.2 Å². The number of carboxylic acid groups (broad SMARTS) is 1. The second-order valence-corrected chi connectivity index (χ2v) is 3.47. The largest absolute Gasteiger partial charge is 0.478 e. The third-order valence-corrected chi connectivity index (χ3v) is 2.28. The Morgan fingerprint density at radius 2 is 2.50 bits per heavy atom. The Balaban J connectivity index is 2.19. The molecule has 1 fully saturated rings. The number of rotatable bonds is 4. The summed E-state index contributed by atoms with van der Waals surface area (Å²) in [5, 5.41) is 11.8. The molecule has 1 unspecified atom stereocenters. The molecule has 0 amide bonds. The summed E-state index contributed by atoms with van der Waals surface area (Å²) in [4.78, 5) is 10.5. The molecule has 1 aliphatic rings. The van der Waals surface area contributed by atoms with Crippen molar-refractivity contribution < 1.29 is 14.6 Å². The lowest BCUT2D eigenvalue weighted by atomic mass is 10.1. The Labute approximate surface area is 83.9 Å². The van der Waals surface area contributed by atoms with Crippen LogP contribution in [0.15, 0.2) is 11.6 Å². The van der Waals surface area contributed by atoms with Crippen LogP contribution < -0.4 is 5.32 Å². The fourth-order valence-corrected chi connectivity index (χ4v) is 1.38. The van der Waals surface area contributed by atoms with E-state index in [1.54, 1.807) is 13.0 Å². The molecule has 0 radical (unpaired) electrons. The summed E-state index contributed by atoms with van der Waals surface area (Å²) in [5.41, 5.74) is 0.411. The average Bonchev–Trinajstić information content (AvgIpc) is 2.19.